The van der Waals surface area contributed by atoms with Gasteiger partial charge in [0.25, 0.3) is 5.56 Å². The van der Waals surface area contributed by atoms with Gasteiger partial charge in [0, 0.05) is 15.6 Å². The molecule has 0 aliphatic rings. The van der Waals surface area contributed by atoms with Crippen molar-refractivity contribution in [2.75, 3.05) is 13.7 Å². The molecule has 0 fully saturated rings. The minimum atomic E-state index is -0.293. The number of rotatable bonds is 10. The second kappa shape index (κ2) is 13.7. The highest BCUT2D eigenvalue weighted by Gasteiger charge is 2.20. The predicted molar refractivity (Wildman–Crippen MR) is 181 cm³/mol. The van der Waals surface area contributed by atoms with Crippen LogP contribution in [0, 0.1) is 6.92 Å². The Bertz CT molecular complexity index is 1910. The van der Waals surface area contributed by atoms with E-state index < -0.39 is 0 Å². The van der Waals surface area contributed by atoms with Crippen LogP contribution in [0.3, 0.4) is 0 Å². The van der Waals surface area contributed by atoms with Crippen molar-refractivity contribution in [2.24, 2.45) is 5.10 Å². The van der Waals surface area contributed by atoms with Gasteiger partial charge in [-0.2, -0.15) is 9.78 Å². The van der Waals surface area contributed by atoms with E-state index in [9.17, 15) is 4.79 Å². The van der Waals surface area contributed by atoms with Gasteiger partial charge in [-0.1, -0.05) is 67.9 Å². The van der Waals surface area contributed by atoms with Crippen molar-refractivity contribution in [1.29, 1.82) is 0 Å². The highest BCUT2D eigenvalue weighted by molar-refractivity contribution is 9.10. The second-order valence-corrected chi connectivity index (χ2v) is 11.7. The van der Waals surface area contributed by atoms with Gasteiger partial charge < -0.3 is 14.2 Å². The van der Waals surface area contributed by atoms with E-state index in [1.807, 2.05) is 74.5 Å². The van der Waals surface area contributed by atoms with E-state index in [0.717, 1.165) is 28.0 Å². The number of nitrogens with zero attached hydrogens (tertiary/aromatic N) is 3. The van der Waals surface area contributed by atoms with Crippen molar-refractivity contribution in [2.45, 2.75) is 40.2 Å². The van der Waals surface area contributed by atoms with Gasteiger partial charge in [-0.05, 0) is 82.7 Å². The SMILES string of the molecule is CCOc1cc(C)c(-c2nc3ccccc3c(=O)n2N=Cc2cc(OC)c(OCc3ccccc3)c(Cl)c2Br)cc1C(C)C. The van der Waals surface area contributed by atoms with Gasteiger partial charge in [-0.25, -0.2) is 4.98 Å². The first-order valence-electron chi connectivity index (χ1n) is 14.3. The number of aryl methyl sites for hydroxylation is 1. The number of fused-ring (bicyclic) bond motifs is 1. The van der Waals surface area contributed by atoms with Crippen molar-refractivity contribution in [1.82, 2.24) is 9.66 Å². The van der Waals surface area contributed by atoms with E-state index in [-0.39, 0.29) is 11.5 Å². The normalized spacial score (nSPS) is 11.5. The van der Waals surface area contributed by atoms with Crippen molar-refractivity contribution in [3.8, 4) is 28.6 Å². The maximum atomic E-state index is 13.9. The zero-order valence-electron chi connectivity index (χ0n) is 25.2. The molecule has 0 amide bonds. The molecule has 0 saturated carbocycles. The number of methoxy groups -OCH3 is 1. The van der Waals surface area contributed by atoms with Crippen molar-refractivity contribution in [3.63, 3.8) is 0 Å². The van der Waals surface area contributed by atoms with Gasteiger partial charge in [-0.3, -0.25) is 4.79 Å². The topological polar surface area (TPSA) is 74.9 Å². The molecule has 44 heavy (non-hydrogen) atoms. The van der Waals surface area contributed by atoms with Crippen LogP contribution in [-0.4, -0.2) is 29.6 Å². The van der Waals surface area contributed by atoms with Crippen LogP contribution in [0.5, 0.6) is 17.2 Å². The molecule has 0 N–H and O–H groups in total. The summed E-state index contributed by atoms with van der Waals surface area (Å²) in [6.07, 6.45) is 1.56. The molecule has 0 atom stereocenters. The van der Waals surface area contributed by atoms with Gasteiger partial charge >= 0.3 is 0 Å². The first-order valence-corrected chi connectivity index (χ1v) is 15.5. The Morgan fingerprint density at radius 2 is 1.75 bits per heavy atom. The second-order valence-electron chi connectivity index (χ2n) is 10.5. The third-order valence-corrected chi connectivity index (χ3v) is 8.63. The number of aromatic nitrogens is 2. The van der Waals surface area contributed by atoms with E-state index in [1.165, 1.54) is 4.68 Å². The molecule has 1 aromatic heterocycles. The average molecular weight is 675 g/mol. The van der Waals surface area contributed by atoms with E-state index in [2.05, 4.69) is 34.9 Å². The predicted octanol–water partition coefficient (Wildman–Crippen LogP) is 8.78. The molecule has 0 unspecified atom stereocenters. The third-order valence-electron chi connectivity index (χ3n) is 7.19. The van der Waals surface area contributed by atoms with Crippen molar-refractivity contribution < 1.29 is 14.2 Å². The summed E-state index contributed by atoms with van der Waals surface area (Å²) in [4.78, 5) is 18.8. The maximum Gasteiger partial charge on any atom is 0.282 e. The van der Waals surface area contributed by atoms with Crippen molar-refractivity contribution in [3.05, 3.63) is 115 Å². The highest BCUT2D eigenvalue weighted by Crippen LogP contribution is 2.42. The molecule has 0 spiro atoms. The Labute approximate surface area is 270 Å². The van der Waals surface area contributed by atoms with Crippen LogP contribution in [0.2, 0.25) is 5.02 Å². The number of halogens is 2. The van der Waals surface area contributed by atoms with Crippen molar-refractivity contribution >= 4 is 44.6 Å². The fourth-order valence-electron chi connectivity index (χ4n) is 4.91. The summed E-state index contributed by atoms with van der Waals surface area (Å²) in [5, 5.41) is 5.47. The van der Waals surface area contributed by atoms with E-state index in [4.69, 9.17) is 30.8 Å². The van der Waals surface area contributed by atoms with E-state index in [0.29, 0.717) is 56.5 Å². The highest BCUT2D eigenvalue weighted by atomic mass is 79.9. The van der Waals surface area contributed by atoms with E-state index in [1.54, 1.807) is 25.5 Å². The van der Waals surface area contributed by atoms with Gasteiger partial charge in [0.05, 0.1) is 30.8 Å². The number of hydrogen-bond acceptors (Lipinski definition) is 6. The largest absolute Gasteiger partial charge is 0.494 e. The summed E-state index contributed by atoms with van der Waals surface area (Å²) in [6.45, 7) is 9.03. The van der Waals surface area contributed by atoms with Gasteiger partial charge in [0.1, 0.15) is 17.4 Å². The zero-order valence-corrected chi connectivity index (χ0v) is 27.6. The standard InChI is InChI=1S/C35H33BrClN3O4/c1-6-43-29-16-22(4)27(18-26(29)21(2)3)34-39-28-15-11-10-14-25(28)35(41)40(34)38-19-24-17-30(42-5)33(32(37)31(24)36)44-20-23-12-8-7-9-13-23/h7-19,21H,6,20H2,1-5H3. The molecule has 7 nitrogen and oxygen atoms in total. The molecule has 5 rings (SSSR count). The van der Waals surface area contributed by atoms with Crippen LogP contribution < -0.4 is 19.8 Å². The molecule has 0 aliphatic carbocycles. The molecule has 5 aromatic rings. The number of benzene rings is 4. The fraction of sp³-hybridized carbons (Fsp3) is 0.229. The Balaban J connectivity index is 1.63. The summed E-state index contributed by atoms with van der Waals surface area (Å²) in [7, 11) is 1.55. The van der Waals surface area contributed by atoms with Gasteiger partial charge in [-0.15, -0.1) is 0 Å². The molecule has 1 heterocycles. The molecule has 9 heteroatoms. The number of ether oxygens (including phenoxy) is 3. The van der Waals surface area contributed by atoms with Crippen LogP contribution >= 0.6 is 27.5 Å². The Morgan fingerprint density at radius 3 is 2.45 bits per heavy atom. The number of para-hydroxylation sites is 1. The lowest BCUT2D eigenvalue weighted by Crippen LogP contribution is -2.21. The lowest BCUT2D eigenvalue weighted by Gasteiger charge is -2.18. The van der Waals surface area contributed by atoms with Crippen LogP contribution in [0.4, 0.5) is 0 Å². The molecular weight excluding hydrogens is 642 g/mol. The van der Waals surface area contributed by atoms with Crippen LogP contribution in [0.1, 0.15) is 48.9 Å². The Morgan fingerprint density at radius 1 is 1.02 bits per heavy atom. The lowest BCUT2D eigenvalue weighted by molar-refractivity contribution is 0.284. The molecule has 4 aromatic carbocycles. The first kappa shape index (κ1) is 31.3. The molecule has 0 aliphatic heterocycles. The van der Waals surface area contributed by atoms with Crippen LogP contribution in [0.15, 0.2) is 87.2 Å². The fourth-order valence-corrected chi connectivity index (χ4v) is 5.56. The van der Waals surface area contributed by atoms with Crippen LogP contribution in [0.25, 0.3) is 22.3 Å². The monoisotopic (exact) mass is 673 g/mol. The maximum absolute atomic E-state index is 13.9. The average Bonchev–Trinajstić information content (AvgIpc) is 3.02. The lowest BCUT2D eigenvalue weighted by atomic mass is 9.96. The summed E-state index contributed by atoms with van der Waals surface area (Å²) in [5.41, 5.74) is 4.61. The summed E-state index contributed by atoms with van der Waals surface area (Å²) in [5.74, 6) is 2.27. The Kier molecular flexibility index (Phi) is 9.71. The smallest absolute Gasteiger partial charge is 0.282 e. The molecular formula is C35H33BrClN3O4. The summed E-state index contributed by atoms with van der Waals surface area (Å²) >= 11 is 10.4. The number of hydrogen-bond donors (Lipinski definition) is 0. The zero-order chi connectivity index (χ0) is 31.4. The van der Waals surface area contributed by atoms with Gasteiger partial charge in [0.2, 0.25) is 0 Å². The molecule has 226 valence electrons. The Hall–Kier alpha value is -4.14. The molecule has 0 bridgehead atoms. The quantitative estimate of drug-likeness (QED) is 0.139. The molecule has 0 radical (unpaired) electrons. The first-order chi connectivity index (χ1) is 21.2. The summed E-state index contributed by atoms with van der Waals surface area (Å²) < 4.78 is 19.5. The van der Waals surface area contributed by atoms with E-state index >= 15 is 0 Å². The van der Waals surface area contributed by atoms with Gasteiger partial charge in [0.15, 0.2) is 17.3 Å². The minimum Gasteiger partial charge on any atom is -0.494 e. The minimum absolute atomic E-state index is 0.188. The van der Waals surface area contributed by atoms with Crippen LogP contribution in [-0.2, 0) is 6.61 Å². The summed E-state index contributed by atoms with van der Waals surface area (Å²) in [6, 6.07) is 22.8. The third kappa shape index (κ3) is 6.37. The molecule has 0 saturated heterocycles.